The largest absolute Gasteiger partial charge is 0.368 e. The molecule has 102 valence electrons. The fourth-order valence-corrected chi connectivity index (χ4v) is 2.97. The van der Waals surface area contributed by atoms with Gasteiger partial charge in [0.1, 0.15) is 0 Å². The van der Waals surface area contributed by atoms with Crippen LogP contribution in [0.4, 0.5) is 5.69 Å². The van der Waals surface area contributed by atoms with Gasteiger partial charge in [-0.2, -0.15) is 0 Å². The molecule has 1 saturated heterocycles. The van der Waals surface area contributed by atoms with Crippen LogP contribution in [0.25, 0.3) is 10.9 Å². The molecule has 19 heavy (non-hydrogen) atoms. The molecule has 1 aliphatic heterocycles. The summed E-state index contributed by atoms with van der Waals surface area (Å²) in [5.41, 5.74) is 4.11. The van der Waals surface area contributed by atoms with Crippen LogP contribution in [0.15, 0.2) is 24.4 Å². The Labute approximate surface area is 115 Å². The fraction of sp³-hybridized carbons (Fsp3) is 0.500. The van der Waals surface area contributed by atoms with Crippen LogP contribution < -0.4 is 4.90 Å². The van der Waals surface area contributed by atoms with E-state index in [1.807, 2.05) is 0 Å². The van der Waals surface area contributed by atoms with E-state index in [4.69, 9.17) is 0 Å². The normalized spacial score (nSPS) is 17.6. The molecule has 2 aromatic rings. The molecular formula is C16H23N3. The van der Waals surface area contributed by atoms with Crippen molar-refractivity contribution < 1.29 is 0 Å². The zero-order valence-electron chi connectivity index (χ0n) is 12.1. The lowest BCUT2D eigenvalue weighted by molar-refractivity contribution is 0.313. The molecule has 0 amide bonds. The minimum Gasteiger partial charge on any atom is -0.368 e. The first kappa shape index (κ1) is 12.5. The summed E-state index contributed by atoms with van der Waals surface area (Å²) in [6, 6.07) is 6.81. The first-order valence-corrected chi connectivity index (χ1v) is 7.20. The van der Waals surface area contributed by atoms with Gasteiger partial charge in [0.2, 0.25) is 0 Å². The smallest absolute Gasteiger partial charge is 0.0510 e. The number of fused-ring (bicyclic) bond motifs is 1. The number of hydrogen-bond acceptors (Lipinski definition) is 2. The van der Waals surface area contributed by atoms with Crippen LogP contribution in [0.2, 0.25) is 0 Å². The number of hydrogen-bond donors (Lipinski definition) is 1. The zero-order chi connectivity index (χ0) is 13.4. The van der Waals surface area contributed by atoms with Gasteiger partial charge in [-0.15, -0.1) is 0 Å². The molecule has 0 radical (unpaired) electrons. The molecule has 1 aliphatic rings. The first-order valence-electron chi connectivity index (χ1n) is 7.20. The molecule has 0 spiro atoms. The Morgan fingerprint density at radius 3 is 2.47 bits per heavy atom. The molecule has 0 bridgehead atoms. The average Bonchev–Trinajstić information content (AvgIpc) is 2.87. The molecule has 1 N–H and O–H groups in total. The molecule has 3 heteroatoms. The molecule has 0 aliphatic carbocycles. The number of piperazine rings is 1. The maximum absolute atomic E-state index is 3.42. The van der Waals surface area contributed by atoms with Crippen LogP contribution >= 0.6 is 0 Å². The van der Waals surface area contributed by atoms with E-state index < -0.39 is 0 Å². The molecular weight excluding hydrogens is 234 g/mol. The van der Waals surface area contributed by atoms with Gasteiger partial charge in [0.05, 0.1) is 5.52 Å². The van der Waals surface area contributed by atoms with Gasteiger partial charge in [-0.1, -0.05) is 19.9 Å². The second-order valence-electron chi connectivity index (χ2n) is 5.89. The predicted octanol–water partition coefficient (Wildman–Crippen LogP) is 3.04. The molecule has 1 aromatic heterocycles. The lowest BCUT2D eigenvalue weighted by Crippen LogP contribution is -2.44. The number of nitrogens with one attached hydrogen (secondary N) is 1. The van der Waals surface area contributed by atoms with Crippen molar-refractivity contribution >= 4 is 16.6 Å². The average molecular weight is 257 g/mol. The SMILES string of the molecule is CC(C)c1ccc(N2CCN(C)CC2)c2cc[nH]c12. The van der Waals surface area contributed by atoms with Crippen molar-refractivity contribution in [3.8, 4) is 0 Å². The minimum absolute atomic E-state index is 0.558. The molecule has 0 unspecified atom stereocenters. The quantitative estimate of drug-likeness (QED) is 0.893. The lowest BCUT2D eigenvalue weighted by Gasteiger charge is -2.34. The van der Waals surface area contributed by atoms with E-state index in [0.717, 1.165) is 26.2 Å². The second-order valence-corrected chi connectivity index (χ2v) is 5.89. The third kappa shape index (κ3) is 2.23. The highest BCUT2D eigenvalue weighted by molar-refractivity contribution is 5.94. The van der Waals surface area contributed by atoms with E-state index in [0.29, 0.717) is 5.92 Å². The fourth-order valence-electron chi connectivity index (χ4n) is 2.97. The van der Waals surface area contributed by atoms with Crippen molar-refractivity contribution in [2.24, 2.45) is 0 Å². The van der Waals surface area contributed by atoms with Crippen LogP contribution in [0.5, 0.6) is 0 Å². The number of H-pyrrole nitrogens is 1. The number of benzene rings is 1. The standard InChI is InChI=1S/C16H23N3/c1-12(2)13-4-5-15(14-6-7-17-16(13)14)19-10-8-18(3)9-11-19/h4-7,12,17H,8-11H2,1-3H3. The molecule has 3 nitrogen and oxygen atoms in total. The van der Waals surface area contributed by atoms with Crippen molar-refractivity contribution in [1.29, 1.82) is 0 Å². The monoisotopic (exact) mass is 257 g/mol. The summed E-state index contributed by atoms with van der Waals surface area (Å²) in [5.74, 6) is 0.558. The van der Waals surface area contributed by atoms with Gasteiger partial charge in [-0.3, -0.25) is 0 Å². The highest BCUT2D eigenvalue weighted by Crippen LogP contribution is 2.32. The molecule has 1 fully saturated rings. The topological polar surface area (TPSA) is 22.3 Å². The van der Waals surface area contributed by atoms with E-state index in [1.165, 1.54) is 22.2 Å². The minimum atomic E-state index is 0.558. The lowest BCUT2D eigenvalue weighted by atomic mass is 9.99. The number of aromatic amines is 1. The molecule has 0 atom stereocenters. The highest BCUT2D eigenvalue weighted by Gasteiger charge is 2.18. The van der Waals surface area contributed by atoms with Crippen molar-refractivity contribution in [3.05, 3.63) is 30.0 Å². The van der Waals surface area contributed by atoms with Gasteiger partial charge in [0.15, 0.2) is 0 Å². The van der Waals surface area contributed by atoms with Crippen molar-refractivity contribution in [1.82, 2.24) is 9.88 Å². The van der Waals surface area contributed by atoms with Crippen LogP contribution in [0.1, 0.15) is 25.3 Å². The summed E-state index contributed by atoms with van der Waals surface area (Å²) in [5, 5.41) is 1.37. The highest BCUT2D eigenvalue weighted by atomic mass is 15.2. The van der Waals surface area contributed by atoms with Crippen LogP contribution in [-0.4, -0.2) is 43.1 Å². The Morgan fingerprint density at radius 2 is 1.79 bits per heavy atom. The van der Waals surface area contributed by atoms with E-state index >= 15 is 0 Å². The molecule has 2 heterocycles. The van der Waals surface area contributed by atoms with Crippen LogP contribution in [0.3, 0.4) is 0 Å². The summed E-state index contributed by atoms with van der Waals surface area (Å²) in [6.45, 7) is 9.06. The number of anilines is 1. The Kier molecular flexibility index (Phi) is 3.23. The van der Waals surface area contributed by atoms with Gasteiger partial charge in [-0.25, -0.2) is 0 Å². The summed E-state index contributed by atoms with van der Waals surface area (Å²) < 4.78 is 0. The number of aromatic nitrogens is 1. The van der Waals surface area contributed by atoms with Gasteiger partial charge in [0.25, 0.3) is 0 Å². The third-order valence-electron chi connectivity index (χ3n) is 4.20. The predicted molar refractivity (Wildman–Crippen MR) is 82.1 cm³/mol. The van der Waals surface area contributed by atoms with Crippen molar-refractivity contribution in [2.75, 3.05) is 38.1 Å². The van der Waals surface area contributed by atoms with E-state index in [9.17, 15) is 0 Å². The van der Waals surface area contributed by atoms with E-state index in [-0.39, 0.29) is 0 Å². The molecule has 3 rings (SSSR count). The summed E-state index contributed by atoms with van der Waals surface area (Å²) in [7, 11) is 2.20. The Hall–Kier alpha value is -1.48. The van der Waals surface area contributed by atoms with Gasteiger partial charge < -0.3 is 14.8 Å². The van der Waals surface area contributed by atoms with Crippen molar-refractivity contribution in [3.63, 3.8) is 0 Å². The number of likely N-dealkylation sites (N-methyl/N-ethyl adjacent to an activating group) is 1. The summed E-state index contributed by atoms with van der Waals surface area (Å²) in [4.78, 5) is 8.33. The molecule has 0 saturated carbocycles. The van der Waals surface area contributed by atoms with Crippen LogP contribution in [0, 0.1) is 0 Å². The Morgan fingerprint density at radius 1 is 1.05 bits per heavy atom. The number of rotatable bonds is 2. The number of nitrogens with zero attached hydrogens (tertiary/aromatic N) is 2. The summed E-state index contributed by atoms with van der Waals surface area (Å²) in [6.07, 6.45) is 2.07. The first-order chi connectivity index (χ1) is 9.16. The summed E-state index contributed by atoms with van der Waals surface area (Å²) >= 11 is 0. The zero-order valence-corrected chi connectivity index (χ0v) is 12.1. The van der Waals surface area contributed by atoms with Gasteiger partial charge >= 0.3 is 0 Å². The third-order valence-corrected chi connectivity index (χ3v) is 4.20. The van der Waals surface area contributed by atoms with E-state index in [2.05, 4.69) is 60.1 Å². The maximum atomic E-state index is 3.42. The van der Waals surface area contributed by atoms with Crippen molar-refractivity contribution in [2.45, 2.75) is 19.8 Å². The maximum Gasteiger partial charge on any atom is 0.0510 e. The van der Waals surface area contributed by atoms with Gasteiger partial charge in [0, 0.05) is 43.4 Å². The second kappa shape index (κ2) is 4.89. The Balaban J connectivity index is 2.01. The van der Waals surface area contributed by atoms with E-state index in [1.54, 1.807) is 0 Å². The Bertz CT molecular complexity index is 562. The van der Waals surface area contributed by atoms with Crippen LogP contribution in [-0.2, 0) is 0 Å². The molecule has 1 aromatic carbocycles. The van der Waals surface area contributed by atoms with Gasteiger partial charge in [-0.05, 0) is 30.7 Å².